The van der Waals surface area contributed by atoms with Gasteiger partial charge in [-0.05, 0) is 31.0 Å². The molecule has 1 nitrogen and oxygen atoms in total. The number of hydrogen-bond acceptors (Lipinski definition) is 1. The first kappa shape index (κ1) is 8.83. The van der Waals surface area contributed by atoms with Crippen molar-refractivity contribution < 1.29 is 5.11 Å². The molecular formula is C11H12O. The van der Waals surface area contributed by atoms with Crippen molar-refractivity contribution in [1.29, 1.82) is 0 Å². The SMILES string of the molecule is C#Cc1cccc(CC(C)O)c1. The first-order valence-electron chi connectivity index (χ1n) is 3.96. The molecule has 0 saturated heterocycles. The predicted molar refractivity (Wildman–Crippen MR) is 49.8 cm³/mol. The lowest BCUT2D eigenvalue weighted by molar-refractivity contribution is 0.195. The van der Waals surface area contributed by atoms with Crippen molar-refractivity contribution in [3.05, 3.63) is 35.4 Å². The summed E-state index contributed by atoms with van der Waals surface area (Å²) in [5.41, 5.74) is 1.95. The molecule has 1 atom stereocenters. The zero-order valence-corrected chi connectivity index (χ0v) is 7.12. The van der Waals surface area contributed by atoms with Gasteiger partial charge < -0.3 is 5.11 Å². The number of hydrogen-bond donors (Lipinski definition) is 1. The lowest BCUT2D eigenvalue weighted by Gasteiger charge is -2.03. The molecule has 0 spiro atoms. The van der Waals surface area contributed by atoms with Gasteiger partial charge in [-0.15, -0.1) is 6.42 Å². The summed E-state index contributed by atoms with van der Waals surface area (Å²) in [5, 5.41) is 9.12. The standard InChI is InChI=1S/C11H12O/c1-3-10-5-4-6-11(8-10)7-9(2)12/h1,4-6,8-9,12H,7H2,2H3. The zero-order valence-electron chi connectivity index (χ0n) is 7.12. The Labute approximate surface area is 73.0 Å². The predicted octanol–water partition coefficient (Wildman–Crippen LogP) is 1.59. The average molecular weight is 160 g/mol. The molecule has 0 saturated carbocycles. The third kappa shape index (κ3) is 2.41. The number of rotatable bonds is 2. The van der Waals surface area contributed by atoms with Crippen LogP contribution in [0.25, 0.3) is 0 Å². The highest BCUT2D eigenvalue weighted by molar-refractivity contribution is 5.35. The van der Waals surface area contributed by atoms with Crippen LogP contribution in [0.5, 0.6) is 0 Å². The molecule has 0 aliphatic carbocycles. The second-order valence-corrected chi connectivity index (χ2v) is 2.90. The average Bonchev–Trinajstić information content (AvgIpc) is 2.03. The molecule has 0 radical (unpaired) electrons. The molecule has 0 aromatic heterocycles. The number of terminal acetylenes is 1. The molecule has 1 aromatic carbocycles. The Morgan fingerprint density at radius 2 is 2.33 bits per heavy atom. The van der Waals surface area contributed by atoms with Gasteiger partial charge >= 0.3 is 0 Å². The molecule has 12 heavy (non-hydrogen) atoms. The molecule has 0 aliphatic rings. The largest absolute Gasteiger partial charge is 0.393 e. The minimum Gasteiger partial charge on any atom is -0.393 e. The maximum Gasteiger partial charge on any atom is 0.0552 e. The zero-order chi connectivity index (χ0) is 8.97. The van der Waals surface area contributed by atoms with Gasteiger partial charge in [0, 0.05) is 5.56 Å². The second-order valence-electron chi connectivity index (χ2n) is 2.90. The van der Waals surface area contributed by atoms with Crippen LogP contribution in [-0.4, -0.2) is 11.2 Å². The van der Waals surface area contributed by atoms with E-state index in [1.165, 1.54) is 0 Å². The van der Waals surface area contributed by atoms with Gasteiger partial charge in [-0.2, -0.15) is 0 Å². The fraction of sp³-hybridized carbons (Fsp3) is 0.273. The van der Waals surface area contributed by atoms with Crippen molar-refractivity contribution in [3.63, 3.8) is 0 Å². The Hall–Kier alpha value is -1.26. The van der Waals surface area contributed by atoms with E-state index in [9.17, 15) is 0 Å². The van der Waals surface area contributed by atoms with Crippen LogP contribution in [0.4, 0.5) is 0 Å². The second kappa shape index (κ2) is 3.94. The van der Waals surface area contributed by atoms with Crippen molar-refractivity contribution in [2.45, 2.75) is 19.4 Å². The van der Waals surface area contributed by atoms with E-state index in [0.717, 1.165) is 11.1 Å². The first-order chi connectivity index (χ1) is 5.72. The molecule has 1 unspecified atom stereocenters. The highest BCUT2D eigenvalue weighted by Gasteiger charge is 1.98. The highest BCUT2D eigenvalue weighted by Crippen LogP contribution is 2.06. The van der Waals surface area contributed by atoms with Crippen molar-refractivity contribution in [1.82, 2.24) is 0 Å². The third-order valence-corrected chi connectivity index (χ3v) is 1.62. The molecule has 0 amide bonds. The normalized spacial score (nSPS) is 12.1. The Morgan fingerprint density at radius 1 is 1.58 bits per heavy atom. The molecule has 0 fully saturated rings. The summed E-state index contributed by atoms with van der Waals surface area (Å²) in [6.07, 6.45) is 5.59. The van der Waals surface area contributed by atoms with E-state index in [-0.39, 0.29) is 6.10 Å². The smallest absolute Gasteiger partial charge is 0.0552 e. The first-order valence-corrected chi connectivity index (χ1v) is 3.96. The summed E-state index contributed by atoms with van der Waals surface area (Å²) in [6, 6.07) is 7.68. The van der Waals surface area contributed by atoms with E-state index >= 15 is 0 Å². The molecule has 1 N–H and O–H groups in total. The minimum atomic E-state index is -0.307. The molecular weight excluding hydrogens is 148 g/mol. The van der Waals surface area contributed by atoms with Crippen LogP contribution in [-0.2, 0) is 6.42 Å². The summed E-state index contributed by atoms with van der Waals surface area (Å²) in [7, 11) is 0. The van der Waals surface area contributed by atoms with Gasteiger partial charge in [-0.25, -0.2) is 0 Å². The fourth-order valence-electron chi connectivity index (χ4n) is 1.13. The molecule has 0 aliphatic heterocycles. The van der Waals surface area contributed by atoms with Crippen LogP contribution in [0.2, 0.25) is 0 Å². The summed E-state index contributed by atoms with van der Waals surface area (Å²) in [6.45, 7) is 1.77. The monoisotopic (exact) mass is 160 g/mol. The Kier molecular flexibility index (Phi) is 2.90. The lowest BCUT2D eigenvalue weighted by Crippen LogP contribution is -2.03. The fourth-order valence-corrected chi connectivity index (χ4v) is 1.13. The van der Waals surface area contributed by atoms with Gasteiger partial charge in [0.05, 0.1) is 6.10 Å². The van der Waals surface area contributed by atoms with E-state index in [2.05, 4.69) is 5.92 Å². The molecule has 1 rings (SSSR count). The van der Waals surface area contributed by atoms with Crippen LogP contribution in [0.15, 0.2) is 24.3 Å². The quantitative estimate of drug-likeness (QED) is 0.651. The van der Waals surface area contributed by atoms with Gasteiger partial charge in [-0.3, -0.25) is 0 Å². The number of benzene rings is 1. The molecule has 1 heteroatoms. The van der Waals surface area contributed by atoms with Gasteiger partial charge in [0.25, 0.3) is 0 Å². The van der Waals surface area contributed by atoms with Gasteiger partial charge in [0.15, 0.2) is 0 Å². The van der Waals surface area contributed by atoms with Crippen LogP contribution in [0.1, 0.15) is 18.1 Å². The Bertz CT molecular complexity index is 294. The maximum atomic E-state index is 9.12. The highest BCUT2D eigenvalue weighted by atomic mass is 16.3. The maximum absolute atomic E-state index is 9.12. The summed E-state index contributed by atoms with van der Waals surface area (Å²) < 4.78 is 0. The minimum absolute atomic E-state index is 0.307. The topological polar surface area (TPSA) is 20.2 Å². The Morgan fingerprint density at radius 3 is 2.92 bits per heavy atom. The Balaban J connectivity index is 2.81. The number of aliphatic hydroxyl groups is 1. The summed E-state index contributed by atoms with van der Waals surface area (Å²) in [4.78, 5) is 0. The molecule has 0 bridgehead atoms. The van der Waals surface area contributed by atoms with Gasteiger partial charge in [0.1, 0.15) is 0 Å². The van der Waals surface area contributed by atoms with E-state index in [4.69, 9.17) is 11.5 Å². The van der Waals surface area contributed by atoms with Gasteiger partial charge in [-0.1, -0.05) is 18.1 Å². The van der Waals surface area contributed by atoms with Crippen LogP contribution >= 0.6 is 0 Å². The van der Waals surface area contributed by atoms with Crippen LogP contribution in [0, 0.1) is 12.3 Å². The summed E-state index contributed by atoms with van der Waals surface area (Å²) in [5.74, 6) is 2.56. The van der Waals surface area contributed by atoms with Crippen molar-refractivity contribution in [3.8, 4) is 12.3 Å². The van der Waals surface area contributed by atoms with Gasteiger partial charge in [0.2, 0.25) is 0 Å². The van der Waals surface area contributed by atoms with Crippen LogP contribution in [0.3, 0.4) is 0 Å². The van der Waals surface area contributed by atoms with E-state index in [0.29, 0.717) is 6.42 Å². The van der Waals surface area contributed by atoms with E-state index in [1.807, 2.05) is 24.3 Å². The van der Waals surface area contributed by atoms with Crippen molar-refractivity contribution >= 4 is 0 Å². The molecule has 0 heterocycles. The van der Waals surface area contributed by atoms with E-state index < -0.39 is 0 Å². The van der Waals surface area contributed by atoms with Crippen molar-refractivity contribution in [2.75, 3.05) is 0 Å². The molecule has 1 aromatic rings. The van der Waals surface area contributed by atoms with E-state index in [1.54, 1.807) is 6.92 Å². The summed E-state index contributed by atoms with van der Waals surface area (Å²) >= 11 is 0. The van der Waals surface area contributed by atoms with Crippen molar-refractivity contribution in [2.24, 2.45) is 0 Å². The molecule has 62 valence electrons. The third-order valence-electron chi connectivity index (χ3n) is 1.62. The lowest BCUT2D eigenvalue weighted by atomic mass is 10.1. The number of aliphatic hydroxyl groups excluding tert-OH is 1. The van der Waals surface area contributed by atoms with Crippen LogP contribution < -0.4 is 0 Å².